The topological polar surface area (TPSA) is 126 Å². The molecule has 0 spiro atoms. The van der Waals surface area contributed by atoms with Gasteiger partial charge in [-0.1, -0.05) is 11.6 Å². The lowest BCUT2D eigenvalue weighted by atomic mass is 9.98. The number of β-amino-alcohol motifs (C(OH)–C–C–N with tert-alkyl or cyclic N) is 1. The average molecular weight is 442 g/mol. The Kier molecular flexibility index (Phi) is 5.71. The van der Waals surface area contributed by atoms with Crippen molar-refractivity contribution >= 4 is 28.5 Å². The van der Waals surface area contributed by atoms with E-state index in [9.17, 15) is 10.4 Å². The van der Waals surface area contributed by atoms with E-state index in [1.54, 1.807) is 10.7 Å². The number of hydrogen-bond donors (Lipinski definition) is 2. The number of fused-ring (bicyclic) bond motifs is 2. The second kappa shape index (κ2) is 8.30. The highest BCUT2D eigenvalue weighted by Gasteiger charge is 2.30. The van der Waals surface area contributed by atoms with Gasteiger partial charge in [0.1, 0.15) is 30.1 Å². The fourth-order valence-electron chi connectivity index (χ4n) is 4.20. The van der Waals surface area contributed by atoms with E-state index >= 15 is 0 Å². The van der Waals surface area contributed by atoms with E-state index in [0.29, 0.717) is 52.8 Å². The number of nitrogens with two attached hydrogens (primary N) is 1. The minimum atomic E-state index is -0.291. The standard InChI is InChI=1S/C21H24ClN7O2/c1-11-8-28(4-5-30)9-16-15(7-23)17(22)6-14(19(16)31-11)13(3)29-21-18(12(2)27-29)20(24)25-10-26-21/h6,10-11,13,30H,4-5,8-9H2,1-3H3,(H2,24,25,26). The fourth-order valence-corrected chi connectivity index (χ4v) is 4.47. The number of benzene rings is 1. The highest BCUT2D eigenvalue weighted by atomic mass is 35.5. The number of hydrogen-bond acceptors (Lipinski definition) is 8. The van der Waals surface area contributed by atoms with Gasteiger partial charge in [-0.3, -0.25) is 4.90 Å². The molecule has 0 radical (unpaired) electrons. The third-order valence-corrected chi connectivity index (χ3v) is 5.91. The molecule has 0 bridgehead atoms. The number of anilines is 1. The van der Waals surface area contributed by atoms with Crippen LogP contribution in [0.25, 0.3) is 11.0 Å². The molecule has 0 fully saturated rings. The number of nitrogen functional groups attached to an aromatic ring is 1. The molecule has 162 valence electrons. The van der Waals surface area contributed by atoms with Gasteiger partial charge in [-0.2, -0.15) is 10.4 Å². The third kappa shape index (κ3) is 3.67. The average Bonchev–Trinajstić information content (AvgIpc) is 2.97. The van der Waals surface area contributed by atoms with E-state index < -0.39 is 0 Å². The summed E-state index contributed by atoms with van der Waals surface area (Å²) in [6.07, 6.45) is 1.28. The number of aliphatic hydroxyl groups is 1. The van der Waals surface area contributed by atoms with E-state index in [0.717, 1.165) is 16.8 Å². The van der Waals surface area contributed by atoms with Crippen molar-refractivity contribution in [2.75, 3.05) is 25.4 Å². The van der Waals surface area contributed by atoms with Gasteiger partial charge in [-0.15, -0.1) is 0 Å². The van der Waals surface area contributed by atoms with Crippen LogP contribution in [0.3, 0.4) is 0 Å². The van der Waals surface area contributed by atoms with Crippen LogP contribution in [0.4, 0.5) is 5.82 Å². The molecule has 2 unspecified atom stereocenters. The molecule has 1 aromatic carbocycles. The number of halogens is 1. The summed E-state index contributed by atoms with van der Waals surface area (Å²) in [5.41, 5.74) is 9.31. The summed E-state index contributed by atoms with van der Waals surface area (Å²) in [4.78, 5) is 10.5. The zero-order valence-corrected chi connectivity index (χ0v) is 18.4. The Labute approximate surface area is 185 Å². The normalized spacial score (nSPS) is 17.6. The van der Waals surface area contributed by atoms with Crippen molar-refractivity contribution in [3.05, 3.63) is 39.8 Å². The highest BCUT2D eigenvalue weighted by Crippen LogP contribution is 2.40. The molecule has 0 amide bonds. The van der Waals surface area contributed by atoms with Gasteiger partial charge in [0.15, 0.2) is 5.65 Å². The number of aromatic nitrogens is 4. The summed E-state index contributed by atoms with van der Waals surface area (Å²) in [5.74, 6) is 1.01. The van der Waals surface area contributed by atoms with E-state index in [1.807, 2.05) is 20.8 Å². The molecule has 2 aromatic heterocycles. The number of rotatable bonds is 4. The lowest BCUT2D eigenvalue weighted by molar-refractivity contribution is 0.137. The molecule has 10 heteroatoms. The predicted octanol–water partition coefficient (Wildman–Crippen LogP) is 2.43. The zero-order valence-electron chi connectivity index (χ0n) is 17.6. The van der Waals surface area contributed by atoms with Crippen LogP contribution in [0.1, 0.15) is 42.3 Å². The number of nitrogens with zero attached hydrogens (tertiary/aromatic N) is 6. The van der Waals surface area contributed by atoms with Gasteiger partial charge in [0.25, 0.3) is 0 Å². The summed E-state index contributed by atoms with van der Waals surface area (Å²) in [6.45, 7) is 7.39. The first-order valence-electron chi connectivity index (χ1n) is 10.1. The number of aliphatic hydroxyl groups excluding tert-OH is 1. The van der Waals surface area contributed by atoms with Gasteiger partial charge in [-0.25, -0.2) is 14.6 Å². The largest absolute Gasteiger partial charge is 0.489 e. The molecule has 0 saturated heterocycles. The number of ether oxygens (including phenoxy) is 1. The first-order chi connectivity index (χ1) is 14.8. The Bertz CT molecular complexity index is 1190. The van der Waals surface area contributed by atoms with Crippen LogP contribution >= 0.6 is 11.6 Å². The fraction of sp³-hybridized carbons (Fsp3) is 0.429. The van der Waals surface area contributed by atoms with Crippen LogP contribution in [0.5, 0.6) is 5.75 Å². The van der Waals surface area contributed by atoms with Gasteiger partial charge in [0.05, 0.1) is 34.3 Å². The Morgan fingerprint density at radius 3 is 2.94 bits per heavy atom. The molecule has 3 heterocycles. The summed E-state index contributed by atoms with van der Waals surface area (Å²) < 4.78 is 8.10. The predicted molar refractivity (Wildman–Crippen MR) is 117 cm³/mol. The summed E-state index contributed by atoms with van der Waals surface area (Å²) >= 11 is 6.54. The third-order valence-electron chi connectivity index (χ3n) is 5.61. The molecular weight excluding hydrogens is 418 g/mol. The lowest BCUT2D eigenvalue weighted by Gasteiger charge is -2.22. The Morgan fingerprint density at radius 2 is 2.23 bits per heavy atom. The number of nitriles is 1. The van der Waals surface area contributed by atoms with E-state index in [4.69, 9.17) is 22.1 Å². The van der Waals surface area contributed by atoms with Crippen LogP contribution in [0.2, 0.25) is 5.02 Å². The minimum absolute atomic E-state index is 0.0213. The van der Waals surface area contributed by atoms with Crippen molar-refractivity contribution in [2.24, 2.45) is 0 Å². The monoisotopic (exact) mass is 441 g/mol. The Hall–Kier alpha value is -2.93. The maximum atomic E-state index is 9.76. The van der Waals surface area contributed by atoms with Crippen molar-refractivity contribution in [2.45, 2.75) is 39.5 Å². The van der Waals surface area contributed by atoms with Crippen molar-refractivity contribution in [3.63, 3.8) is 0 Å². The van der Waals surface area contributed by atoms with E-state index in [1.165, 1.54) is 6.33 Å². The van der Waals surface area contributed by atoms with Gasteiger partial charge < -0.3 is 15.6 Å². The first kappa shape index (κ1) is 21.3. The van der Waals surface area contributed by atoms with Crippen LogP contribution in [0, 0.1) is 18.3 Å². The zero-order chi connectivity index (χ0) is 22.3. The molecule has 9 nitrogen and oxygen atoms in total. The van der Waals surface area contributed by atoms with Gasteiger partial charge in [0.2, 0.25) is 0 Å². The molecule has 2 atom stereocenters. The van der Waals surface area contributed by atoms with Crippen LogP contribution in [-0.4, -0.2) is 55.6 Å². The van der Waals surface area contributed by atoms with Crippen LogP contribution in [-0.2, 0) is 6.54 Å². The maximum absolute atomic E-state index is 9.76. The second-order valence-electron chi connectivity index (χ2n) is 7.79. The smallest absolute Gasteiger partial charge is 0.164 e. The highest BCUT2D eigenvalue weighted by molar-refractivity contribution is 6.32. The van der Waals surface area contributed by atoms with Crippen molar-refractivity contribution in [1.82, 2.24) is 24.6 Å². The van der Waals surface area contributed by atoms with Crippen molar-refractivity contribution in [1.29, 1.82) is 5.26 Å². The minimum Gasteiger partial charge on any atom is -0.489 e. The molecule has 1 aliphatic rings. The van der Waals surface area contributed by atoms with Gasteiger partial charge in [0, 0.05) is 30.8 Å². The molecule has 1 aliphatic heterocycles. The van der Waals surface area contributed by atoms with Crippen molar-refractivity contribution < 1.29 is 9.84 Å². The van der Waals surface area contributed by atoms with E-state index in [-0.39, 0.29) is 18.8 Å². The summed E-state index contributed by atoms with van der Waals surface area (Å²) in [5, 5.41) is 24.9. The van der Waals surface area contributed by atoms with Crippen LogP contribution < -0.4 is 10.5 Å². The SMILES string of the molecule is Cc1nn(C(C)c2cc(Cl)c(C#N)c3c2OC(C)CN(CCO)C3)c2ncnc(N)c12. The molecule has 0 saturated carbocycles. The quantitative estimate of drug-likeness (QED) is 0.632. The molecule has 4 rings (SSSR count). The summed E-state index contributed by atoms with van der Waals surface area (Å²) in [6, 6.07) is 3.69. The molecular formula is C21H24ClN7O2. The Balaban J connectivity index is 1.91. The van der Waals surface area contributed by atoms with E-state index in [2.05, 4.69) is 26.0 Å². The number of aryl methyl sites for hydroxylation is 1. The first-order valence-corrected chi connectivity index (χ1v) is 10.4. The lowest BCUT2D eigenvalue weighted by Crippen LogP contribution is -2.33. The van der Waals surface area contributed by atoms with Gasteiger partial charge >= 0.3 is 0 Å². The Morgan fingerprint density at radius 1 is 1.45 bits per heavy atom. The molecule has 3 N–H and O–H groups in total. The van der Waals surface area contributed by atoms with Crippen molar-refractivity contribution in [3.8, 4) is 11.8 Å². The molecule has 3 aromatic rings. The van der Waals surface area contributed by atoms with Crippen LogP contribution in [0.15, 0.2) is 12.4 Å². The van der Waals surface area contributed by atoms with Gasteiger partial charge in [-0.05, 0) is 26.8 Å². The maximum Gasteiger partial charge on any atom is 0.164 e. The summed E-state index contributed by atoms with van der Waals surface area (Å²) in [7, 11) is 0. The molecule has 31 heavy (non-hydrogen) atoms. The second-order valence-corrected chi connectivity index (χ2v) is 8.20. The molecule has 0 aliphatic carbocycles.